The zero-order chi connectivity index (χ0) is 12.5. The number of thioether (sulfide) groups is 1. The SMILES string of the molecule is CC(CN)CNC(=O)CSCc1ccccn1. The predicted octanol–water partition coefficient (Wildman–Crippen LogP) is 1.03. The van der Waals surface area contributed by atoms with Crippen molar-refractivity contribution in [3.63, 3.8) is 0 Å². The number of aromatic nitrogens is 1. The largest absolute Gasteiger partial charge is 0.355 e. The minimum absolute atomic E-state index is 0.0613. The van der Waals surface area contributed by atoms with Gasteiger partial charge in [0.25, 0.3) is 0 Å². The van der Waals surface area contributed by atoms with Gasteiger partial charge in [0.05, 0.1) is 11.4 Å². The lowest BCUT2D eigenvalue weighted by atomic mass is 10.2. The molecule has 1 rings (SSSR count). The molecule has 0 radical (unpaired) electrons. The molecule has 17 heavy (non-hydrogen) atoms. The van der Waals surface area contributed by atoms with Crippen molar-refractivity contribution in [2.24, 2.45) is 11.7 Å². The van der Waals surface area contributed by atoms with E-state index in [0.29, 0.717) is 24.8 Å². The lowest BCUT2D eigenvalue weighted by molar-refractivity contribution is -0.118. The quantitative estimate of drug-likeness (QED) is 0.761. The Bertz CT molecular complexity index is 332. The Morgan fingerprint density at radius 2 is 2.41 bits per heavy atom. The van der Waals surface area contributed by atoms with Crippen molar-refractivity contribution in [3.8, 4) is 0 Å². The maximum Gasteiger partial charge on any atom is 0.230 e. The highest BCUT2D eigenvalue weighted by molar-refractivity contribution is 7.99. The average Bonchev–Trinajstić information content (AvgIpc) is 2.37. The average molecular weight is 253 g/mol. The second-order valence-corrected chi connectivity index (χ2v) is 4.94. The molecular weight excluding hydrogens is 234 g/mol. The third-order valence-corrected chi connectivity index (χ3v) is 3.23. The molecule has 1 heterocycles. The van der Waals surface area contributed by atoms with Crippen molar-refractivity contribution in [1.29, 1.82) is 0 Å². The van der Waals surface area contributed by atoms with Crippen molar-refractivity contribution in [2.45, 2.75) is 12.7 Å². The molecule has 0 aliphatic carbocycles. The van der Waals surface area contributed by atoms with Gasteiger partial charge in [0.1, 0.15) is 0 Å². The van der Waals surface area contributed by atoms with Gasteiger partial charge in [0, 0.05) is 18.5 Å². The molecule has 1 unspecified atom stereocenters. The van der Waals surface area contributed by atoms with Gasteiger partial charge in [0.15, 0.2) is 0 Å². The molecule has 4 nitrogen and oxygen atoms in total. The fourth-order valence-corrected chi connectivity index (χ4v) is 1.92. The minimum atomic E-state index is 0.0613. The Morgan fingerprint density at radius 3 is 3.06 bits per heavy atom. The van der Waals surface area contributed by atoms with Crippen LogP contribution in [0.2, 0.25) is 0 Å². The number of carbonyl (C=O) groups excluding carboxylic acids is 1. The second-order valence-electron chi connectivity index (χ2n) is 3.96. The highest BCUT2D eigenvalue weighted by Gasteiger charge is 2.04. The molecule has 0 spiro atoms. The highest BCUT2D eigenvalue weighted by atomic mass is 32.2. The first-order valence-electron chi connectivity index (χ1n) is 5.66. The Morgan fingerprint density at radius 1 is 1.59 bits per heavy atom. The molecule has 94 valence electrons. The molecule has 0 aliphatic rings. The molecule has 0 aliphatic heterocycles. The molecule has 1 aromatic rings. The van der Waals surface area contributed by atoms with Crippen LogP contribution in [0, 0.1) is 5.92 Å². The summed E-state index contributed by atoms with van der Waals surface area (Å²) in [5, 5.41) is 2.86. The van der Waals surface area contributed by atoms with Gasteiger partial charge < -0.3 is 11.1 Å². The van der Waals surface area contributed by atoms with E-state index in [2.05, 4.69) is 10.3 Å². The topological polar surface area (TPSA) is 68.0 Å². The molecule has 0 aromatic carbocycles. The van der Waals surface area contributed by atoms with Gasteiger partial charge in [-0.1, -0.05) is 13.0 Å². The third kappa shape index (κ3) is 6.28. The molecule has 0 saturated heterocycles. The van der Waals surface area contributed by atoms with E-state index in [1.165, 1.54) is 0 Å². The number of hydrogen-bond donors (Lipinski definition) is 2. The summed E-state index contributed by atoms with van der Waals surface area (Å²) in [5.74, 6) is 1.63. The van der Waals surface area contributed by atoms with Crippen LogP contribution in [-0.4, -0.2) is 29.7 Å². The van der Waals surface area contributed by atoms with E-state index in [0.717, 1.165) is 11.4 Å². The van der Waals surface area contributed by atoms with E-state index in [4.69, 9.17) is 5.73 Å². The van der Waals surface area contributed by atoms with E-state index in [1.807, 2.05) is 25.1 Å². The van der Waals surface area contributed by atoms with Crippen molar-refractivity contribution >= 4 is 17.7 Å². The molecule has 0 saturated carbocycles. The Labute approximate surface area is 106 Å². The monoisotopic (exact) mass is 253 g/mol. The van der Waals surface area contributed by atoms with E-state index in [-0.39, 0.29) is 5.91 Å². The summed E-state index contributed by atoms with van der Waals surface area (Å²) in [4.78, 5) is 15.7. The number of carbonyl (C=O) groups is 1. The van der Waals surface area contributed by atoms with Gasteiger partial charge in [0.2, 0.25) is 5.91 Å². The molecule has 5 heteroatoms. The molecule has 3 N–H and O–H groups in total. The maximum absolute atomic E-state index is 11.5. The zero-order valence-electron chi connectivity index (χ0n) is 10.1. The van der Waals surface area contributed by atoms with Crippen LogP contribution in [0.4, 0.5) is 0 Å². The van der Waals surface area contributed by atoms with Gasteiger partial charge in [-0.15, -0.1) is 11.8 Å². The fraction of sp³-hybridized carbons (Fsp3) is 0.500. The van der Waals surface area contributed by atoms with Gasteiger partial charge in [-0.05, 0) is 24.6 Å². The summed E-state index contributed by atoms with van der Waals surface area (Å²) < 4.78 is 0. The van der Waals surface area contributed by atoms with Crippen LogP contribution < -0.4 is 11.1 Å². The number of pyridine rings is 1. The second kappa shape index (κ2) is 8.08. The third-order valence-electron chi connectivity index (χ3n) is 2.26. The summed E-state index contributed by atoms with van der Waals surface area (Å²) >= 11 is 1.57. The first-order valence-corrected chi connectivity index (χ1v) is 6.82. The minimum Gasteiger partial charge on any atom is -0.355 e. The lowest BCUT2D eigenvalue weighted by Gasteiger charge is -2.09. The standard InChI is InChI=1S/C12H19N3OS/c1-10(6-13)7-15-12(16)9-17-8-11-4-2-3-5-14-11/h2-5,10H,6-9,13H2,1H3,(H,15,16). The van der Waals surface area contributed by atoms with E-state index in [1.54, 1.807) is 18.0 Å². The van der Waals surface area contributed by atoms with Crippen LogP contribution in [-0.2, 0) is 10.5 Å². The first kappa shape index (κ1) is 14.0. The lowest BCUT2D eigenvalue weighted by Crippen LogP contribution is -2.32. The number of nitrogens with two attached hydrogens (primary N) is 1. The molecular formula is C12H19N3OS. The number of nitrogens with zero attached hydrogens (tertiary/aromatic N) is 1. The van der Waals surface area contributed by atoms with Crippen LogP contribution in [0.15, 0.2) is 24.4 Å². The molecule has 1 atom stereocenters. The van der Waals surface area contributed by atoms with E-state index >= 15 is 0 Å². The molecule has 1 amide bonds. The first-order chi connectivity index (χ1) is 8.22. The summed E-state index contributed by atoms with van der Waals surface area (Å²) in [6.45, 7) is 3.27. The predicted molar refractivity (Wildman–Crippen MR) is 71.6 cm³/mol. The van der Waals surface area contributed by atoms with Gasteiger partial charge >= 0.3 is 0 Å². The van der Waals surface area contributed by atoms with Gasteiger partial charge in [-0.3, -0.25) is 9.78 Å². The van der Waals surface area contributed by atoms with Crippen LogP contribution >= 0.6 is 11.8 Å². The maximum atomic E-state index is 11.5. The van der Waals surface area contributed by atoms with E-state index in [9.17, 15) is 4.79 Å². The van der Waals surface area contributed by atoms with Crippen LogP contribution in [0.3, 0.4) is 0 Å². The number of amides is 1. The van der Waals surface area contributed by atoms with Crippen molar-refractivity contribution in [1.82, 2.24) is 10.3 Å². The summed E-state index contributed by atoms with van der Waals surface area (Å²) in [7, 11) is 0. The highest BCUT2D eigenvalue weighted by Crippen LogP contribution is 2.08. The van der Waals surface area contributed by atoms with Gasteiger partial charge in [-0.2, -0.15) is 0 Å². The number of hydrogen-bond acceptors (Lipinski definition) is 4. The summed E-state index contributed by atoms with van der Waals surface area (Å²) in [6, 6.07) is 5.79. The smallest absolute Gasteiger partial charge is 0.230 e. The van der Waals surface area contributed by atoms with Crippen molar-refractivity contribution < 1.29 is 4.79 Å². The summed E-state index contributed by atoms with van der Waals surface area (Å²) in [5.41, 5.74) is 6.47. The summed E-state index contributed by atoms with van der Waals surface area (Å²) in [6.07, 6.45) is 1.76. The van der Waals surface area contributed by atoms with Crippen LogP contribution in [0.1, 0.15) is 12.6 Å². The molecule has 0 fully saturated rings. The van der Waals surface area contributed by atoms with Crippen LogP contribution in [0.25, 0.3) is 0 Å². The normalized spacial score (nSPS) is 12.1. The fourth-order valence-electron chi connectivity index (χ4n) is 1.15. The van der Waals surface area contributed by atoms with Crippen molar-refractivity contribution in [3.05, 3.63) is 30.1 Å². The van der Waals surface area contributed by atoms with Crippen LogP contribution in [0.5, 0.6) is 0 Å². The van der Waals surface area contributed by atoms with Crippen molar-refractivity contribution in [2.75, 3.05) is 18.8 Å². The number of rotatable bonds is 7. The number of nitrogens with one attached hydrogen (secondary N) is 1. The zero-order valence-corrected chi connectivity index (χ0v) is 10.9. The van der Waals surface area contributed by atoms with E-state index < -0.39 is 0 Å². The van der Waals surface area contributed by atoms with Gasteiger partial charge in [-0.25, -0.2) is 0 Å². The Kier molecular flexibility index (Phi) is 6.65. The molecule has 1 aromatic heterocycles. The Balaban J connectivity index is 2.12. The Hall–Kier alpha value is -1.07. The molecule has 0 bridgehead atoms.